The molecular weight excluding hydrogens is 204 g/mol. The van der Waals surface area contributed by atoms with Crippen molar-refractivity contribution in [2.75, 3.05) is 13.7 Å². The quantitative estimate of drug-likeness (QED) is 0.807. The SMILES string of the molecule is CCCC(O)COc1ccc(C)cc1OC. The van der Waals surface area contributed by atoms with Crippen LogP contribution in [0.3, 0.4) is 0 Å². The summed E-state index contributed by atoms with van der Waals surface area (Å²) in [5, 5.41) is 9.56. The molecule has 0 fully saturated rings. The Hall–Kier alpha value is -1.22. The van der Waals surface area contributed by atoms with Gasteiger partial charge in [-0.3, -0.25) is 0 Å². The molecule has 0 aliphatic carbocycles. The van der Waals surface area contributed by atoms with E-state index in [0.29, 0.717) is 18.1 Å². The molecule has 0 amide bonds. The standard InChI is InChI=1S/C13H20O3/c1-4-5-11(14)9-16-12-7-6-10(2)8-13(12)15-3/h6-8,11,14H,4-5,9H2,1-3H3. The highest BCUT2D eigenvalue weighted by Crippen LogP contribution is 2.27. The van der Waals surface area contributed by atoms with Crippen molar-refractivity contribution in [2.45, 2.75) is 32.8 Å². The summed E-state index contributed by atoms with van der Waals surface area (Å²) in [6.45, 7) is 4.35. The van der Waals surface area contributed by atoms with E-state index in [9.17, 15) is 5.11 Å². The van der Waals surface area contributed by atoms with Crippen molar-refractivity contribution in [3.05, 3.63) is 23.8 Å². The van der Waals surface area contributed by atoms with Crippen LogP contribution in [0.5, 0.6) is 11.5 Å². The number of rotatable bonds is 6. The number of benzene rings is 1. The topological polar surface area (TPSA) is 38.7 Å². The van der Waals surface area contributed by atoms with Crippen LogP contribution in [0.2, 0.25) is 0 Å². The van der Waals surface area contributed by atoms with E-state index < -0.39 is 6.10 Å². The molecule has 1 aromatic carbocycles. The maximum absolute atomic E-state index is 9.56. The lowest BCUT2D eigenvalue weighted by Crippen LogP contribution is -2.17. The van der Waals surface area contributed by atoms with E-state index in [1.807, 2.05) is 32.0 Å². The Bertz CT molecular complexity index is 323. The minimum atomic E-state index is -0.406. The Morgan fingerprint density at radius 2 is 2.06 bits per heavy atom. The number of methoxy groups -OCH3 is 1. The number of ether oxygens (including phenoxy) is 2. The number of aryl methyl sites for hydroxylation is 1. The zero-order chi connectivity index (χ0) is 12.0. The van der Waals surface area contributed by atoms with Crippen LogP contribution < -0.4 is 9.47 Å². The van der Waals surface area contributed by atoms with Gasteiger partial charge in [0.2, 0.25) is 0 Å². The Labute approximate surface area is 97.0 Å². The summed E-state index contributed by atoms with van der Waals surface area (Å²) in [5.41, 5.74) is 1.12. The molecule has 0 heterocycles. The highest BCUT2D eigenvalue weighted by molar-refractivity contribution is 5.42. The van der Waals surface area contributed by atoms with Gasteiger partial charge in [0.1, 0.15) is 6.61 Å². The fourth-order valence-electron chi connectivity index (χ4n) is 1.50. The van der Waals surface area contributed by atoms with Crippen molar-refractivity contribution in [2.24, 2.45) is 0 Å². The molecule has 1 N–H and O–H groups in total. The van der Waals surface area contributed by atoms with E-state index >= 15 is 0 Å². The Balaban J connectivity index is 2.59. The van der Waals surface area contributed by atoms with Gasteiger partial charge in [-0.15, -0.1) is 0 Å². The molecule has 0 saturated heterocycles. The smallest absolute Gasteiger partial charge is 0.161 e. The molecule has 16 heavy (non-hydrogen) atoms. The van der Waals surface area contributed by atoms with Gasteiger partial charge in [-0.2, -0.15) is 0 Å². The van der Waals surface area contributed by atoms with Crippen LogP contribution in [0.25, 0.3) is 0 Å². The predicted octanol–water partition coefficient (Wildman–Crippen LogP) is 2.54. The molecule has 1 aromatic rings. The van der Waals surface area contributed by atoms with E-state index in [-0.39, 0.29) is 0 Å². The lowest BCUT2D eigenvalue weighted by Gasteiger charge is -2.14. The third-order valence-electron chi connectivity index (χ3n) is 2.37. The summed E-state index contributed by atoms with van der Waals surface area (Å²) in [6.07, 6.45) is 1.31. The summed E-state index contributed by atoms with van der Waals surface area (Å²) in [6, 6.07) is 5.75. The van der Waals surface area contributed by atoms with Gasteiger partial charge in [0.25, 0.3) is 0 Å². The molecule has 0 spiro atoms. The van der Waals surface area contributed by atoms with Gasteiger partial charge in [0, 0.05) is 0 Å². The van der Waals surface area contributed by atoms with E-state index in [1.165, 1.54) is 0 Å². The van der Waals surface area contributed by atoms with Gasteiger partial charge >= 0.3 is 0 Å². The van der Waals surface area contributed by atoms with Gasteiger partial charge in [-0.05, 0) is 31.0 Å². The first-order valence-corrected chi connectivity index (χ1v) is 5.63. The zero-order valence-corrected chi connectivity index (χ0v) is 10.2. The lowest BCUT2D eigenvalue weighted by atomic mass is 10.2. The van der Waals surface area contributed by atoms with Crippen LogP contribution in [0, 0.1) is 6.92 Å². The number of aliphatic hydroxyl groups is 1. The number of aliphatic hydroxyl groups excluding tert-OH is 1. The molecule has 0 aliphatic rings. The van der Waals surface area contributed by atoms with Crippen molar-refractivity contribution in [3.63, 3.8) is 0 Å². The fourth-order valence-corrected chi connectivity index (χ4v) is 1.50. The Morgan fingerprint density at radius 1 is 1.31 bits per heavy atom. The Morgan fingerprint density at radius 3 is 2.69 bits per heavy atom. The number of hydrogen-bond donors (Lipinski definition) is 1. The first kappa shape index (κ1) is 12.8. The second kappa shape index (κ2) is 6.38. The molecule has 0 radical (unpaired) electrons. The molecule has 1 rings (SSSR count). The molecule has 0 saturated carbocycles. The summed E-state index contributed by atoms with van der Waals surface area (Å²) < 4.78 is 10.7. The summed E-state index contributed by atoms with van der Waals surface area (Å²) in [4.78, 5) is 0. The Kier molecular flexibility index (Phi) is 5.12. The predicted molar refractivity (Wildman–Crippen MR) is 64.1 cm³/mol. The summed E-state index contributed by atoms with van der Waals surface area (Å²) in [5.74, 6) is 1.40. The van der Waals surface area contributed by atoms with Gasteiger partial charge < -0.3 is 14.6 Å². The number of hydrogen-bond acceptors (Lipinski definition) is 3. The minimum absolute atomic E-state index is 0.313. The molecule has 1 unspecified atom stereocenters. The zero-order valence-electron chi connectivity index (χ0n) is 10.2. The molecular formula is C13H20O3. The second-order valence-corrected chi connectivity index (χ2v) is 3.91. The monoisotopic (exact) mass is 224 g/mol. The van der Waals surface area contributed by atoms with Crippen LogP contribution in [0.15, 0.2) is 18.2 Å². The largest absolute Gasteiger partial charge is 0.493 e. The average Bonchev–Trinajstić information content (AvgIpc) is 2.27. The molecule has 90 valence electrons. The highest BCUT2D eigenvalue weighted by atomic mass is 16.5. The van der Waals surface area contributed by atoms with Crippen LogP contribution in [-0.2, 0) is 0 Å². The summed E-state index contributed by atoms with van der Waals surface area (Å²) >= 11 is 0. The third-order valence-corrected chi connectivity index (χ3v) is 2.37. The first-order chi connectivity index (χ1) is 7.67. The van der Waals surface area contributed by atoms with E-state index in [0.717, 1.165) is 18.4 Å². The lowest BCUT2D eigenvalue weighted by molar-refractivity contribution is 0.0977. The van der Waals surface area contributed by atoms with Gasteiger partial charge in [-0.1, -0.05) is 19.4 Å². The minimum Gasteiger partial charge on any atom is -0.493 e. The van der Waals surface area contributed by atoms with Gasteiger partial charge in [0.15, 0.2) is 11.5 Å². The molecule has 3 heteroatoms. The van der Waals surface area contributed by atoms with Crippen molar-refractivity contribution in [1.29, 1.82) is 0 Å². The van der Waals surface area contributed by atoms with Gasteiger partial charge in [-0.25, -0.2) is 0 Å². The maximum atomic E-state index is 9.56. The first-order valence-electron chi connectivity index (χ1n) is 5.63. The van der Waals surface area contributed by atoms with E-state index in [4.69, 9.17) is 9.47 Å². The fraction of sp³-hybridized carbons (Fsp3) is 0.538. The second-order valence-electron chi connectivity index (χ2n) is 3.91. The van der Waals surface area contributed by atoms with Crippen molar-refractivity contribution >= 4 is 0 Å². The van der Waals surface area contributed by atoms with Crippen molar-refractivity contribution in [3.8, 4) is 11.5 Å². The highest BCUT2D eigenvalue weighted by Gasteiger charge is 2.07. The van der Waals surface area contributed by atoms with Gasteiger partial charge in [0.05, 0.1) is 13.2 Å². The van der Waals surface area contributed by atoms with Crippen LogP contribution in [0.4, 0.5) is 0 Å². The van der Waals surface area contributed by atoms with E-state index in [1.54, 1.807) is 7.11 Å². The molecule has 0 aliphatic heterocycles. The molecule has 1 atom stereocenters. The van der Waals surface area contributed by atoms with Crippen molar-refractivity contribution in [1.82, 2.24) is 0 Å². The van der Waals surface area contributed by atoms with Crippen LogP contribution in [0.1, 0.15) is 25.3 Å². The van der Waals surface area contributed by atoms with Crippen LogP contribution in [-0.4, -0.2) is 24.9 Å². The third kappa shape index (κ3) is 3.74. The summed E-state index contributed by atoms with van der Waals surface area (Å²) in [7, 11) is 1.62. The molecule has 0 bridgehead atoms. The molecule has 0 aromatic heterocycles. The molecule has 3 nitrogen and oxygen atoms in total. The average molecular weight is 224 g/mol. The van der Waals surface area contributed by atoms with E-state index in [2.05, 4.69) is 0 Å². The normalized spacial score (nSPS) is 12.2. The van der Waals surface area contributed by atoms with Crippen molar-refractivity contribution < 1.29 is 14.6 Å². The van der Waals surface area contributed by atoms with Crippen LogP contribution >= 0.6 is 0 Å². The maximum Gasteiger partial charge on any atom is 0.161 e.